The number of nitrogens with zero attached hydrogens (tertiary/aromatic N) is 5. The van der Waals surface area contributed by atoms with E-state index >= 15 is 0 Å². The van der Waals surface area contributed by atoms with Crippen molar-refractivity contribution in [3.63, 3.8) is 0 Å². The summed E-state index contributed by atoms with van der Waals surface area (Å²) >= 11 is 1.60. The number of aromatic nitrogens is 5. The van der Waals surface area contributed by atoms with Crippen LogP contribution < -0.4 is 0 Å². The predicted octanol–water partition coefficient (Wildman–Crippen LogP) is 2.43. The maximum atomic E-state index is 9.32. The second kappa shape index (κ2) is 6.50. The molecule has 0 spiro atoms. The van der Waals surface area contributed by atoms with E-state index in [9.17, 15) is 5.11 Å². The van der Waals surface area contributed by atoms with Crippen molar-refractivity contribution in [3.8, 4) is 0 Å². The molecule has 0 aromatic carbocycles. The first-order chi connectivity index (χ1) is 10.7. The number of imidazole rings is 1. The van der Waals surface area contributed by atoms with Crippen LogP contribution in [-0.2, 0) is 18.9 Å². The lowest BCUT2D eigenvalue weighted by atomic mass is 10.4. The first-order valence-corrected chi connectivity index (χ1v) is 8.30. The maximum Gasteiger partial charge on any atom is 0.191 e. The molecular formula is C15H19N5OS. The van der Waals surface area contributed by atoms with Crippen LogP contribution >= 0.6 is 11.8 Å². The summed E-state index contributed by atoms with van der Waals surface area (Å²) < 4.78 is 4.07. The van der Waals surface area contributed by atoms with E-state index in [1.54, 1.807) is 11.8 Å². The fourth-order valence-electron chi connectivity index (χ4n) is 2.40. The summed E-state index contributed by atoms with van der Waals surface area (Å²) in [4.78, 5) is 4.63. The summed E-state index contributed by atoms with van der Waals surface area (Å²) in [7, 11) is 0. The number of aliphatic hydroxyl groups excluding tert-OH is 1. The third-order valence-corrected chi connectivity index (χ3v) is 4.48. The Hall–Kier alpha value is -1.86. The third kappa shape index (κ3) is 2.86. The lowest BCUT2D eigenvalue weighted by Crippen LogP contribution is -2.04. The predicted molar refractivity (Wildman–Crippen MR) is 85.7 cm³/mol. The number of aliphatic hydroxyl groups is 1. The van der Waals surface area contributed by atoms with Crippen molar-refractivity contribution >= 4 is 17.4 Å². The van der Waals surface area contributed by atoms with Crippen LogP contribution in [0.5, 0.6) is 0 Å². The highest BCUT2D eigenvalue weighted by atomic mass is 32.2. The molecular weight excluding hydrogens is 298 g/mol. The molecule has 0 bridgehead atoms. The number of rotatable bonds is 6. The van der Waals surface area contributed by atoms with Crippen LogP contribution in [0.25, 0.3) is 5.65 Å². The first-order valence-electron chi connectivity index (χ1n) is 7.32. The van der Waals surface area contributed by atoms with Crippen LogP contribution in [0.4, 0.5) is 0 Å². The Morgan fingerprint density at radius 2 is 2.14 bits per heavy atom. The molecule has 3 heterocycles. The minimum absolute atomic E-state index is 0.0822. The van der Waals surface area contributed by atoms with Gasteiger partial charge in [0.05, 0.1) is 5.69 Å². The molecule has 116 valence electrons. The van der Waals surface area contributed by atoms with Gasteiger partial charge < -0.3 is 14.1 Å². The number of hydrogen-bond acceptors (Lipinski definition) is 5. The zero-order chi connectivity index (χ0) is 15.5. The summed E-state index contributed by atoms with van der Waals surface area (Å²) in [6, 6.07) is 6.08. The lowest BCUT2D eigenvalue weighted by Gasteiger charge is -2.06. The number of thioether (sulfide) groups is 1. The van der Waals surface area contributed by atoms with Gasteiger partial charge in [-0.05, 0) is 25.5 Å². The minimum Gasteiger partial charge on any atom is -0.388 e. The molecule has 3 aromatic rings. The van der Waals surface area contributed by atoms with Crippen molar-refractivity contribution in [3.05, 3.63) is 41.6 Å². The Morgan fingerprint density at radius 1 is 1.27 bits per heavy atom. The van der Waals surface area contributed by atoms with Crippen molar-refractivity contribution < 1.29 is 5.11 Å². The van der Waals surface area contributed by atoms with Crippen molar-refractivity contribution in [1.82, 2.24) is 24.1 Å². The minimum atomic E-state index is -0.0822. The van der Waals surface area contributed by atoms with Crippen LogP contribution in [0, 0.1) is 6.92 Å². The molecule has 0 aliphatic carbocycles. The van der Waals surface area contributed by atoms with Gasteiger partial charge in [-0.25, -0.2) is 4.98 Å². The van der Waals surface area contributed by atoms with Gasteiger partial charge in [-0.1, -0.05) is 24.8 Å². The molecule has 0 amide bonds. The lowest BCUT2D eigenvalue weighted by molar-refractivity contribution is 0.263. The average molecular weight is 317 g/mol. The molecule has 0 radical (unpaired) electrons. The second-order valence-electron chi connectivity index (χ2n) is 5.12. The van der Waals surface area contributed by atoms with Gasteiger partial charge in [-0.2, -0.15) is 0 Å². The standard InChI is InChI=1S/C15H19N5OS/c1-3-7-19-14(9-21)17-18-15(19)22-10-12-8-20-11(2)5-4-6-13(20)16-12/h4-6,8,21H,3,7,9-10H2,1-2H3. The Morgan fingerprint density at radius 3 is 2.86 bits per heavy atom. The molecule has 0 atom stereocenters. The topological polar surface area (TPSA) is 68.2 Å². The monoisotopic (exact) mass is 317 g/mol. The Kier molecular flexibility index (Phi) is 4.44. The van der Waals surface area contributed by atoms with Gasteiger partial charge >= 0.3 is 0 Å². The molecule has 0 saturated carbocycles. The summed E-state index contributed by atoms with van der Waals surface area (Å²) in [6.45, 7) is 4.90. The Labute approximate surface area is 133 Å². The second-order valence-corrected chi connectivity index (χ2v) is 6.07. The molecule has 0 unspecified atom stereocenters. The molecule has 0 aliphatic heterocycles. The Bertz CT molecular complexity index is 779. The summed E-state index contributed by atoms with van der Waals surface area (Å²) in [5.41, 5.74) is 3.13. The van der Waals surface area contributed by atoms with Gasteiger partial charge in [0.2, 0.25) is 0 Å². The molecule has 0 fully saturated rings. The first kappa shape index (κ1) is 15.1. The smallest absolute Gasteiger partial charge is 0.191 e. The van der Waals surface area contributed by atoms with Gasteiger partial charge in [-0.15, -0.1) is 10.2 Å². The Balaban J connectivity index is 1.79. The molecule has 22 heavy (non-hydrogen) atoms. The summed E-state index contributed by atoms with van der Waals surface area (Å²) in [5, 5.41) is 18.4. The zero-order valence-corrected chi connectivity index (χ0v) is 13.5. The van der Waals surface area contributed by atoms with E-state index in [1.807, 2.05) is 16.7 Å². The quantitative estimate of drug-likeness (QED) is 0.707. The van der Waals surface area contributed by atoms with E-state index in [0.29, 0.717) is 5.82 Å². The maximum absolute atomic E-state index is 9.32. The van der Waals surface area contributed by atoms with Crippen LogP contribution in [0.1, 0.15) is 30.6 Å². The van der Waals surface area contributed by atoms with Gasteiger partial charge in [-0.3, -0.25) is 0 Å². The molecule has 0 aliphatic rings. The molecule has 7 heteroatoms. The van der Waals surface area contributed by atoms with Crippen LogP contribution in [0.2, 0.25) is 0 Å². The highest BCUT2D eigenvalue weighted by molar-refractivity contribution is 7.98. The molecule has 3 aromatic heterocycles. The van der Waals surface area contributed by atoms with E-state index in [4.69, 9.17) is 0 Å². The molecule has 6 nitrogen and oxygen atoms in total. The van der Waals surface area contributed by atoms with E-state index in [0.717, 1.165) is 40.9 Å². The van der Waals surface area contributed by atoms with Crippen LogP contribution in [0.15, 0.2) is 29.6 Å². The highest BCUT2D eigenvalue weighted by Gasteiger charge is 2.12. The fourth-order valence-corrected chi connectivity index (χ4v) is 3.26. The molecule has 0 saturated heterocycles. The molecule has 3 rings (SSSR count). The van der Waals surface area contributed by atoms with Crippen molar-refractivity contribution in [2.75, 3.05) is 0 Å². The highest BCUT2D eigenvalue weighted by Crippen LogP contribution is 2.22. The van der Waals surface area contributed by atoms with Crippen molar-refractivity contribution in [2.45, 2.75) is 44.3 Å². The number of aryl methyl sites for hydroxylation is 1. The van der Waals surface area contributed by atoms with Gasteiger partial charge in [0.1, 0.15) is 12.3 Å². The van der Waals surface area contributed by atoms with E-state index in [-0.39, 0.29) is 6.61 Å². The van der Waals surface area contributed by atoms with E-state index < -0.39 is 0 Å². The number of fused-ring (bicyclic) bond motifs is 1. The normalized spacial score (nSPS) is 11.4. The summed E-state index contributed by atoms with van der Waals surface area (Å²) in [6.07, 6.45) is 3.04. The van der Waals surface area contributed by atoms with Gasteiger partial charge in [0, 0.05) is 24.2 Å². The van der Waals surface area contributed by atoms with Gasteiger partial charge in [0.25, 0.3) is 0 Å². The largest absolute Gasteiger partial charge is 0.388 e. The average Bonchev–Trinajstić information content (AvgIpc) is 3.10. The van der Waals surface area contributed by atoms with E-state index in [2.05, 4.69) is 45.7 Å². The number of pyridine rings is 1. The summed E-state index contributed by atoms with van der Waals surface area (Å²) in [5.74, 6) is 1.35. The van der Waals surface area contributed by atoms with E-state index in [1.165, 1.54) is 0 Å². The van der Waals surface area contributed by atoms with Crippen LogP contribution in [0.3, 0.4) is 0 Å². The van der Waals surface area contributed by atoms with Crippen molar-refractivity contribution in [2.24, 2.45) is 0 Å². The van der Waals surface area contributed by atoms with Crippen LogP contribution in [-0.4, -0.2) is 29.3 Å². The SMILES string of the molecule is CCCn1c(CO)nnc1SCc1cn2c(C)cccc2n1. The van der Waals surface area contributed by atoms with Crippen molar-refractivity contribution in [1.29, 1.82) is 0 Å². The van der Waals surface area contributed by atoms with Gasteiger partial charge in [0.15, 0.2) is 11.0 Å². The fraction of sp³-hybridized carbons (Fsp3) is 0.400. The number of hydrogen-bond donors (Lipinski definition) is 1. The third-order valence-electron chi connectivity index (χ3n) is 3.48. The zero-order valence-electron chi connectivity index (χ0n) is 12.7. The molecule has 1 N–H and O–H groups in total.